The molecule has 2 fully saturated rings. The third kappa shape index (κ3) is 3.14. The maximum absolute atomic E-state index is 13.0. The molecule has 2 atom stereocenters. The molecule has 2 aromatic rings. The van der Waals surface area contributed by atoms with E-state index in [0.29, 0.717) is 30.4 Å². The Labute approximate surface area is 150 Å². The summed E-state index contributed by atoms with van der Waals surface area (Å²) >= 11 is 0. The zero-order chi connectivity index (χ0) is 16.7. The van der Waals surface area contributed by atoms with Crippen LogP contribution in [0.1, 0.15) is 25.2 Å². The van der Waals surface area contributed by atoms with Crippen molar-refractivity contribution in [2.75, 3.05) is 13.1 Å². The summed E-state index contributed by atoms with van der Waals surface area (Å²) in [6.07, 6.45) is 2.70. The first-order chi connectivity index (χ1) is 11.6. The fourth-order valence-corrected chi connectivity index (χ4v) is 4.09. The van der Waals surface area contributed by atoms with Crippen LogP contribution in [0.2, 0.25) is 0 Å². The molecular weight excluding hydrogens is 349 g/mol. The maximum Gasteiger partial charge on any atom is 0.311 e. The number of halogens is 2. The second kappa shape index (κ2) is 6.72. The van der Waals surface area contributed by atoms with Gasteiger partial charge in [0.05, 0.1) is 12.0 Å². The maximum atomic E-state index is 13.0. The standard InChI is InChI=1S/C17H18FN3O3.ClH/c18-13-5-3-11(4-6-13)15-19-14(24-20-15)9-21-8-12-2-1-7-17(12,10-21)16(22)23;/h3-6,12H,1-2,7-10H2,(H,22,23);1H/t12-,17+;/m0./s1. The van der Waals surface area contributed by atoms with Gasteiger partial charge in [-0.25, -0.2) is 4.39 Å². The van der Waals surface area contributed by atoms with Gasteiger partial charge in [0, 0.05) is 18.7 Å². The van der Waals surface area contributed by atoms with E-state index in [2.05, 4.69) is 15.0 Å². The average molecular weight is 368 g/mol. The first kappa shape index (κ1) is 17.8. The van der Waals surface area contributed by atoms with E-state index in [-0.39, 0.29) is 24.1 Å². The van der Waals surface area contributed by atoms with Gasteiger partial charge in [0.25, 0.3) is 0 Å². The Morgan fingerprint density at radius 1 is 1.40 bits per heavy atom. The lowest BCUT2D eigenvalue weighted by atomic mass is 9.81. The number of likely N-dealkylation sites (tertiary alicyclic amines) is 1. The summed E-state index contributed by atoms with van der Waals surface area (Å²) in [5, 5.41) is 13.6. The van der Waals surface area contributed by atoms with Crippen molar-refractivity contribution in [3.63, 3.8) is 0 Å². The summed E-state index contributed by atoms with van der Waals surface area (Å²) < 4.78 is 18.3. The highest BCUT2D eigenvalue weighted by atomic mass is 35.5. The number of hydrogen-bond acceptors (Lipinski definition) is 5. The molecule has 0 bridgehead atoms. The molecule has 1 aliphatic heterocycles. The fourth-order valence-electron chi connectivity index (χ4n) is 4.09. The molecule has 1 saturated heterocycles. The first-order valence-electron chi connectivity index (χ1n) is 8.11. The van der Waals surface area contributed by atoms with Crippen LogP contribution in [0.25, 0.3) is 11.4 Å². The topological polar surface area (TPSA) is 79.5 Å². The van der Waals surface area contributed by atoms with Crippen LogP contribution < -0.4 is 0 Å². The quantitative estimate of drug-likeness (QED) is 0.894. The lowest BCUT2D eigenvalue weighted by molar-refractivity contribution is -0.149. The molecule has 1 aromatic carbocycles. The van der Waals surface area contributed by atoms with Gasteiger partial charge in [-0.05, 0) is 43.0 Å². The third-order valence-electron chi connectivity index (χ3n) is 5.30. The molecule has 6 nitrogen and oxygen atoms in total. The number of benzene rings is 1. The van der Waals surface area contributed by atoms with E-state index in [1.165, 1.54) is 12.1 Å². The van der Waals surface area contributed by atoms with E-state index in [1.54, 1.807) is 12.1 Å². The van der Waals surface area contributed by atoms with Gasteiger partial charge >= 0.3 is 5.97 Å². The largest absolute Gasteiger partial charge is 0.481 e. The van der Waals surface area contributed by atoms with Gasteiger partial charge in [-0.1, -0.05) is 11.6 Å². The lowest BCUT2D eigenvalue weighted by Gasteiger charge is -2.23. The Kier molecular flexibility index (Phi) is 4.79. The molecule has 8 heteroatoms. The van der Waals surface area contributed by atoms with Gasteiger partial charge in [0.2, 0.25) is 11.7 Å². The number of carbonyl (C=O) groups is 1. The van der Waals surface area contributed by atoms with Gasteiger partial charge in [-0.3, -0.25) is 9.69 Å². The lowest BCUT2D eigenvalue weighted by Crippen LogP contribution is -2.35. The highest BCUT2D eigenvalue weighted by Crippen LogP contribution is 2.49. The summed E-state index contributed by atoms with van der Waals surface area (Å²) in [5.74, 6) is 0.0664. The van der Waals surface area contributed by atoms with Gasteiger partial charge in [0.1, 0.15) is 5.82 Å². The molecule has 2 aliphatic rings. The van der Waals surface area contributed by atoms with Crippen molar-refractivity contribution in [1.29, 1.82) is 0 Å². The zero-order valence-electron chi connectivity index (χ0n) is 13.5. The zero-order valence-corrected chi connectivity index (χ0v) is 14.3. The molecule has 1 aliphatic carbocycles. The Hall–Kier alpha value is -1.99. The molecule has 1 aromatic heterocycles. The van der Waals surface area contributed by atoms with Crippen molar-refractivity contribution in [2.24, 2.45) is 11.3 Å². The average Bonchev–Trinajstić information content (AvgIpc) is 3.22. The molecule has 2 heterocycles. The smallest absolute Gasteiger partial charge is 0.311 e. The molecule has 4 rings (SSSR count). The molecule has 25 heavy (non-hydrogen) atoms. The van der Waals surface area contributed by atoms with E-state index in [0.717, 1.165) is 25.8 Å². The van der Waals surface area contributed by atoms with Crippen molar-refractivity contribution < 1.29 is 18.8 Å². The molecule has 0 unspecified atom stereocenters. The predicted molar refractivity (Wildman–Crippen MR) is 89.6 cm³/mol. The van der Waals surface area contributed by atoms with Crippen molar-refractivity contribution in [2.45, 2.75) is 25.8 Å². The van der Waals surface area contributed by atoms with Crippen LogP contribution in [0.5, 0.6) is 0 Å². The van der Waals surface area contributed by atoms with Crippen LogP contribution in [0.3, 0.4) is 0 Å². The third-order valence-corrected chi connectivity index (χ3v) is 5.30. The number of nitrogens with zero attached hydrogens (tertiary/aromatic N) is 3. The molecule has 134 valence electrons. The van der Waals surface area contributed by atoms with Crippen molar-refractivity contribution in [3.8, 4) is 11.4 Å². The highest BCUT2D eigenvalue weighted by Gasteiger charge is 2.54. The van der Waals surface area contributed by atoms with E-state index in [4.69, 9.17) is 4.52 Å². The molecular formula is C17H19ClFN3O3. The van der Waals surface area contributed by atoms with Crippen LogP contribution in [0.4, 0.5) is 4.39 Å². The van der Waals surface area contributed by atoms with Gasteiger partial charge < -0.3 is 9.63 Å². The number of carboxylic acids is 1. The van der Waals surface area contributed by atoms with Crippen LogP contribution in [-0.4, -0.2) is 39.2 Å². The van der Waals surface area contributed by atoms with Gasteiger partial charge in [0.15, 0.2) is 0 Å². The van der Waals surface area contributed by atoms with Crippen LogP contribution >= 0.6 is 12.4 Å². The SMILES string of the molecule is Cl.O=C(O)[C@@]12CCC[C@H]1CN(Cc1nc(-c3ccc(F)cc3)no1)C2. The Balaban J connectivity index is 0.00000182. The van der Waals surface area contributed by atoms with Crippen molar-refractivity contribution >= 4 is 18.4 Å². The molecule has 1 N–H and O–H groups in total. The predicted octanol–water partition coefficient (Wildman–Crippen LogP) is 2.98. The minimum Gasteiger partial charge on any atom is -0.481 e. The Bertz CT molecular complexity index is 767. The monoisotopic (exact) mass is 367 g/mol. The Morgan fingerprint density at radius 3 is 2.84 bits per heavy atom. The van der Waals surface area contributed by atoms with Crippen LogP contribution in [-0.2, 0) is 11.3 Å². The second-order valence-corrected chi connectivity index (χ2v) is 6.74. The summed E-state index contributed by atoms with van der Waals surface area (Å²) in [5.41, 5.74) is 0.0755. The first-order valence-corrected chi connectivity index (χ1v) is 8.11. The highest BCUT2D eigenvalue weighted by molar-refractivity contribution is 5.85. The summed E-state index contributed by atoms with van der Waals surface area (Å²) in [7, 11) is 0. The van der Waals surface area contributed by atoms with Crippen LogP contribution in [0.15, 0.2) is 28.8 Å². The van der Waals surface area contributed by atoms with Crippen molar-refractivity contribution in [3.05, 3.63) is 36.0 Å². The van der Waals surface area contributed by atoms with Crippen LogP contribution in [0, 0.1) is 17.2 Å². The minimum atomic E-state index is -0.690. The van der Waals surface area contributed by atoms with E-state index in [1.807, 2.05) is 0 Å². The molecule has 0 amide bonds. The summed E-state index contributed by atoms with van der Waals surface area (Å²) in [6, 6.07) is 5.90. The fraction of sp³-hybridized carbons (Fsp3) is 0.471. The normalized spacial score (nSPS) is 25.6. The number of aliphatic carboxylic acids is 1. The summed E-state index contributed by atoms with van der Waals surface area (Å²) in [6.45, 7) is 1.72. The number of carboxylic acid groups (broad SMARTS) is 1. The number of aromatic nitrogens is 2. The minimum absolute atomic E-state index is 0. The van der Waals surface area contributed by atoms with Gasteiger partial charge in [-0.2, -0.15) is 4.98 Å². The molecule has 1 saturated carbocycles. The van der Waals surface area contributed by atoms with E-state index in [9.17, 15) is 14.3 Å². The van der Waals surface area contributed by atoms with E-state index >= 15 is 0 Å². The summed E-state index contributed by atoms with van der Waals surface area (Å²) in [4.78, 5) is 18.1. The molecule has 0 radical (unpaired) electrons. The molecule has 0 spiro atoms. The number of hydrogen-bond donors (Lipinski definition) is 1. The van der Waals surface area contributed by atoms with Crippen molar-refractivity contribution in [1.82, 2.24) is 15.0 Å². The Morgan fingerprint density at radius 2 is 2.16 bits per heavy atom. The van der Waals surface area contributed by atoms with Gasteiger partial charge in [-0.15, -0.1) is 12.4 Å². The number of rotatable bonds is 4. The van der Waals surface area contributed by atoms with E-state index < -0.39 is 11.4 Å². The number of fused-ring (bicyclic) bond motifs is 1. The second-order valence-electron chi connectivity index (χ2n) is 6.74.